The fourth-order valence-corrected chi connectivity index (χ4v) is 3.97. The van der Waals surface area contributed by atoms with Gasteiger partial charge in [-0.05, 0) is 57.0 Å². The molecule has 0 unspecified atom stereocenters. The molecular formula is C19H28N2O3. The first-order chi connectivity index (χ1) is 11.7. The van der Waals surface area contributed by atoms with Crippen molar-refractivity contribution in [3.63, 3.8) is 0 Å². The number of benzene rings is 1. The average Bonchev–Trinajstić information content (AvgIpc) is 3.08. The van der Waals surface area contributed by atoms with Gasteiger partial charge in [-0.3, -0.25) is 9.69 Å². The van der Waals surface area contributed by atoms with Gasteiger partial charge in [-0.2, -0.15) is 0 Å². The smallest absolute Gasteiger partial charge is 0.251 e. The molecule has 0 bridgehead atoms. The highest BCUT2D eigenvalue weighted by atomic mass is 16.5. The Morgan fingerprint density at radius 1 is 1.21 bits per heavy atom. The normalized spacial score (nSPS) is 28.3. The van der Waals surface area contributed by atoms with Gasteiger partial charge in [0.15, 0.2) is 0 Å². The Hall–Kier alpha value is -1.59. The lowest BCUT2D eigenvalue weighted by Gasteiger charge is -2.34. The number of likely N-dealkylation sites (tertiary alicyclic amines) is 1. The fraction of sp³-hybridized carbons (Fsp3) is 0.632. The Labute approximate surface area is 144 Å². The summed E-state index contributed by atoms with van der Waals surface area (Å²) < 4.78 is 5.18. The molecule has 1 aromatic rings. The van der Waals surface area contributed by atoms with Crippen LogP contribution in [0.2, 0.25) is 0 Å². The van der Waals surface area contributed by atoms with Crippen molar-refractivity contribution in [2.75, 3.05) is 20.2 Å². The van der Waals surface area contributed by atoms with E-state index in [1.165, 1.54) is 12.8 Å². The minimum Gasteiger partial charge on any atom is -0.497 e. The van der Waals surface area contributed by atoms with Gasteiger partial charge in [-0.15, -0.1) is 0 Å². The number of carbonyl (C=O) groups excluding carboxylic acids is 1. The van der Waals surface area contributed by atoms with E-state index in [0.29, 0.717) is 11.3 Å². The number of methoxy groups -OCH3 is 1. The van der Waals surface area contributed by atoms with Gasteiger partial charge in [0.05, 0.1) is 19.3 Å². The van der Waals surface area contributed by atoms with E-state index < -0.39 is 6.10 Å². The van der Waals surface area contributed by atoms with Crippen molar-refractivity contribution in [3.8, 4) is 5.75 Å². The van der Waals surface area contributed by atoms with E-state index in [9.17, 15) is 9.90 Å². The minimum atomic E-state index is -0.500. The maximum atomic E-state index is 12.6. The molecule has 0 radical (unpaired) electrons. The molecule has 3 atom stereocenters. The molecule has 5 nitrogen and oxygen atoms in total. The molecule has 1 heterocycles. The van der Waals surface area contributed by atoms with Crippen LogP contribution in [0.4, 0.5) is 0 Å². The summed E-state index contributed by atoms with van der Waals surface area (Å²) in [5.74, 6) is 0.527. The Bertz CT molecular complexity index is 557. The van der Waals surface area contributed by atoms with E-state index in [4.69, 9.17) is 4.74 Å². The standard InChI is InChI=1S/C19H28N2O3/c1-24-15-8-6-7-14(13-15)19(23)20-16-9-2-3-10-17(18(16)22)21-11-4-5-12-21/h6-8,13,16-18,22H,2-5,9-12H2,1H3,(H,20,23)/t16-,17-,18-/m1/s1. The number of carbonyl (C=O) groups is 1. The van der Waals surface area contributed by atoms with Crippen LogP contribution >= 0.6 is 0 Å². The number of nitrogens with one attached hydrogen (secondary N) is 1. The van der Waals surface area contributed by atoms with Crippen molar-refractivity contribution in [1.29, 1.82) is 0 Å². The number of hydrogen-bond acceptors (Lipinski definition) is 4. The van der Waals surface area contributed by atoms with Crippen molar-refractivity contribution in [2.45, 2.75) is 56.7 Å². The number of amides is 1. The summed E-state index contributed by atoms with van der Waals surface area (Å²) in [6.07, 6.45) is 5.94. The van der Waals surface area contributed by atoms with Crippen molar-refractivity contribution in [3.05, 3.63) is 29.8 Å². The second-order valence-corrected chi connectivity index (χ2v) is 6.90. The van der Waals surface area contributed by atoms with Crippen LogP contribution in [0, 0.1) is 0 Å². The van der Waals surface area contributed by atoms with E-state index in [0.717, 1.165) is 38.8 Å². The Balaban J connectivity index is 1.68. The largest absolute Gasteiger partial charge is 0.497 e. The minimum absolute atomic E-state index is 0.139. The van der Waals surface area contributed by atoms with E-state index in [2.05, 4.69) is 10.2 Å². The van der Waals surface area contributed by atoms with Gasteiger partial charge in [0.1, 0.15) is 5.75 Å². The Kier molecular flexibility index (Phi) is 5.74. The fourth-order valence-electron chi connectivity index (χ4n) is 3.97. The quantitative estimate of drug-likeness (QED) is 0.830. The van der Waals surface area contributed by atoms with Crippen LogP contribution in [0.1, 0.15) is 48.9 Å². The first-order valence-corrected chi connectivity index (χ1v) is 9.06. The number of aliphatic hydroxyl groups excluding tert-OH is 1. The van der Waals surface area contributed by atoms with Crippen LogP contribution in [0.25, 0.3) is 0 Å². The predicted octanol–water partition coefficient (Wildman–Crippen LogP) is 2.19. The van der Waals surface area contributed by atoms with Crippen LogP contribution in [0.5, 0.6) is 5.75 Å². The molecule has 3 rings (SSSR count). The monoisotopic (exact) mass is 332 g/mol. The highest BCUT2D eigenvalue weighted by Crippen LogP contribution is 2.26. The molecule has 1 aromatic carbocycles. The van der Waals surface area contributed by atoms with E-state index in [1.807, 2.05) is 12.1 Å². The highest BCUT2D eigenvalue weighted by Gasteiger charge is 2.35. The van der Waals surface area contributed by atoms with E-state index >= 15 is 0 Å². The summed E-state index contributed by atoms with van der Waals surface area (Å²) in [5, 5.41) is 13.9. The van der Waals surface area contributed by atoms with Gasteiger partial charge in [0.25, 0.3) is 5.91 Å². The van der Waals surface area contributed by atoms with Gasteiger partial charge in [0.2, 0.25) is 0 Å². The van der Waals surface area contributed by atoms with Crippen LogP contribution in [-0.4, -0.2) is 54.3 Å². The summed E-state index contributed by atoms with van der Waals surface area (Å²) in [5.41, 5.74) is 0.573. The van der Waals surface area contributed by atoms with Gasteiger partial charge < -0.3 is 15.2 Å². The molecule has 0 spiro atoms. The van der Waals surface area contributed by atoms with Crippen molar-refractivity contribution in [2.24, 2.45) is 0 Å². The maximum absolute atomic E-state index is 12.6. The van der Waals surface area contributed by atoms with Gasteiger partial charge in [-0.1, -0.05) is 18.9 Å². The molecule has 5 heteroatoms. The summed E-state index contributed by atoms with van der Waals surface area (Å²) in [4.78, 5) is 15.0. The lowest BCUT2D eigenvalue weighted by molar-refractivity contribution is 0.0338. The van der Waals surface area contributed by atoms with Gasteiger partial charge in [0, 0.05) is 11.6 Å². The molecule has 1 saturated carbocycles. The van der Waals surface area contributed by atoms with Gasteiger partial charge >= 0.3 is 0 Å². The predicted molar refractivity (Wildman–Crippen MR) is 93.3 cm³/mol. The van der Waals surface area contributed by atoms with Crippen molar-refractivity contribution < 1.29 is 14.6 Å². The average molecular weight is 332 g/mol. The maximum Gasteiger partial charge on any atom is 0.251 e. The molecule has 1 saturated heterocycles. The summed E-state index contributed by atoms with van der Waals surface area (Å²) in [6, 6.07) is 7.13. The SMILES string of the molecule is COc1cccc(C(=O)N[C@@H]2CCCC[C@@H](N3CCCC3)[C@@H]2O)c1. The van der Waals surface area contributed by atoms with Crippen LogP contribution < -0.4 is 10.1 Å². The molecule has 1 aliphatic carbocycles. The second kappa shape index (κ2) is 7.99. The first kappa shape index (κ1) is 17.2. The third-order valence-electron chi connectivity index (χ3n) is 5.33. The Morgan fingerprint density at radius 2 is 1.96 bits per heavy atom. The zero-order valence-corrected chi connectivity index (χ0v) is 14.4. The topological polar surface area (TPSA) is 61.8 Å². The van der Waals surface area contributed by atoms with E-state index in [1.54, 1.807) is 19.2 Å². The number of aliphatic hydroxyl groups is 1. The third kappa shape index (κ3) is 3.90. The zero-order valence-electron chi connectivity index (χ0n) is 14.4. The second-order valence-electron chi connectivity index (χ2n) is 6.90. The first-order valence-electron chi connectivity index (χ1n) is 9.06. The lowest BCUT2D eigenvalue weighted by Crippen LogP contribution is -2.52. The lowest BCUT2D eigenvalue weighted by atomic mass is 10.00. The number of nitrogens with zero attached hydrogens (tertiary/aromatic N) is 1. The number of rotatable bonds is 4. The zero-order chi connectivity index (χ0) is 16.9. The summed E-state index contributed by atoms with van der Waals surface area (Å²) >= 11 is 0. The molecular weight excluding hydrogens is 304 g/mol. The molecule has 2 aliphatic rings. The Morgan fingerprint density at radius 3 is 2.71 bits per heavy atom. The summed E-state index contributed by atoms with van der Waals surface area (Å²) in [6.45, 7) is 2.14. The third-order valence-corrected chi connectivity index (χ3v) is 5.33. The van der Waals surface area contributed by atoms with Crippen LogP contribution in [0.3, 0.4) is 0 Å². The van der Waals surface area contributed by atoms with E-state index in [-0.39, 0.29) is 18.0 Å². The van der Waals surface area contributed by atoms with Crippen LogP contribution in [0.15, 0.2) is 24.3 Å². The highest BCUT2D eigenvalue weighted by molar-refractivity contribution is 5.94. The van der Waals surface area contributed by atoms with Crippen molar-refractivity contribution in [1.82, 2.24) is 10.2 Å². The molecule has 0 aromatic heterocycles. The molecule has 1 aliphatic heterocycles. The number of hydrogen-bond donors (Lipinski definition) is 2. The number of ether oxygens (including phenoxy) is 1. The molecule has 2 N–H and O–H groups in total. The summed E-state index contributed by atoms with van der Waals surface area (Å²) in [7, 11) is 1.59. The molecule has 24 heavy (non-hydrogen) atoms. The van der Waals surface area contributed by atoms with Gasteiger partial charge in [-0.25, -0.2) is 0 Å². The van der Waals surface area contributed by atoms with Crippen molar-refractivity contribution >= 4 is 5.91 Å². The molecule has 1 amide bonds. The van der Waals surface area contributed by atoms with Crippen LogP contribution in [-0.2, 0) is 0 Å². The molecule has 132 valence electrons. The molecule has 2 fully saturated rings.